The number of nitrogens with zero attached hydrogens (tertiary/aromatic N) is 2. The number of rotatable bonds is 6. The molecule has 0 bridgehead atoms. The van der Waals surface area contributed by atoms with Crippen LogP contribution in [0.25, 0.3) is 100.0 Å². The summed E-state index contributed by atoms with van der Waals surface area (Å²) in [6.07, 6.45) is 0. The van der Waals surface area contributed by atoms with Gasteiger partial charge in [-0.15, -0.1) is 0 Å². The summed E-state index contributed by atoms with van der Waals surface area (Å²) in [5, 5.41) is 4.69. The highest BCUT2D eigenvalue weighted by atomic mass is 16.3. The van der Waals surface area contributed by atoms with E-state index in [0.29, 0.717) is 5.82 Å². The fourth-order valence-corrected chi connectivity index (χ4v) is 7.31. The van der Waals surface area contributed by atoms with Gasteiger partial charge in [0.05, 0.1) is 11.4 Å². The van der Waals surface area contributed by atoms with Crippen molar-refractivity contribution in [1.82, 2.24) is 9.97 Å². The summed E-state index contributed by atoms with van der Waals surface area (Å²) in [6, 6.07) is 68.2. The summed E-state index contributed by atoms with van der Waals surface area (Å²) in [4.78, 5) is 10.4. The minimum Gasteiger partial charge on any atom is -0.456 e. The van der Waals surface area contributed by atoms with Gasteiger partial charge >= 0.3 is 0 Å². The Morgan fingerprint density at radius 3 is 1.60 bits per heavy atom. The Kier molecular flexibility index (Phi) is 7.47. The average Bonchev–Trinajstić information content (AvgIpc) is 3.62. The van der Waals surface area contributed by atoms with Gasteiger partial charge in [-0.05, 0) is 92.7 Å². The van der Waals surface area contributed by atoms with E-state index >= 15 is 0 Å². The van der Waals surface area contributed by atoms with Gasteiger partial charge in [0.1, 0.15) is 11.2 Å². The van der Waals surface area contributed by atoms with Crippen molar-refractivity contribution in [2.45, 2.75) is 0 Å². The van der Waals surface area contributed by atoms with Gasteiger partial charge in [-0.2, -0.15) is 0 Å². The summed E-state index contributed by atoms with van der Waals surface area (Å²) in [5.74, 6) is 0.689. The predicted molar refractivity (Wildman–Crippen MR) is 219 cm³/mol. The van der Waals surface area contributed by atoms with Crippen LogP contribution >= 0.6 is 0 Å². The van der Waals surface area contributed by atoms with Gasteiger partial charge < -0.3 is 4.42 Å². The maximum atomic E-state index is 6.17. The van der Waals surface area contributed by atoms with Gasteiger partial charge in [-0.3, -0.25) is 0 Å². The monoisotopic (exact) mass is 676 g/mol. The molecule has 2 aromatic heterocycles. The summed E-state index contributed by atoms with van der Waals surface area (Å²) in [6.45, 7) is 0. The molecule has 0 N–H and O–H groups in total. The third-order valence-corrected chi connectivity index (χ3v) is 10.1. The molecule has 0 aliphatic rings. The van der Waals surface area contributed by atoms with Gasteiger partial charge in [0.25, 0.3) is 0 Å². The molecule has 0 saturated carbocycles. The van der Waals surface area contributed by atoms with E-state index in [-0.39, 0.29) is 0 Å². The SMILES string of the molecule is c1ccc(-c2cc(-c3ccc4oc5ccccc5c4c3)cc(-c3cc(-c4ccc(-c5ccc6ccccc6c5)cc4)nc(-c4ccccc4)n3)c2)cc1. The highest BCUT2D eigenvalue weighted by molar-refractivity contribution is 6.06. The first-order valence-corrected chi connectivity index (χ1v) is 17.9. The number of furan rings is 1. The van der Waals surface area contributed by atoms with E-state index in [2.05, 4.69) is 164 Å². The van der Waals surface area contributed by atoms with Crippen LogP contribution in [-0.2, 0) is 0 Å². The number of para-hydroxylation sites is 1. The zero-order valence-electron chi connectivity index (χ0n) is 28.8. The van der Waals surface area contributed by atoms with Gasteiger partial charge in [-0.25, -0.2) is 9.97 Å². The zero-order valence-corrected chi connectivity index (χ0v) is 28.8. The molecule has 248 valence electrons. The van der Waals surface area contributed by atoms with Crippen molar-refractivity contribution in [3.8, 4) is 67.3 Å². The van der Waals surface area contributed by atoms with E-state index < -0.39 is 0 Å². The smallest absolute Gasteiger partial charge is 0.160 e. The standard InChI is InChI=1S/C50H32N2O/c1-3-11-33(12-4-1)41-28-42(40-25-26-49-45(31-40)44-17-9-10-18-48(44)53-49)30-43(29-41)47-32-46(51-50(52-47)37-14-5-2-6-15-37)36-22-19-35(20-23-36)39-24-21-34-13-7-8-16-38(34)27-39/h1-32H. The summed E-state index contributed by atoms with van der Waals surface area (Å²) in [5.41, 5.74) is 13.4. The van der Waals surface area contributed by atoms with E-state index in [0.717, 1.165) is 72.3 Å². The minimum atomic E-state index is 0.689. The van der Waals surface area contributed by atoms with Crippen molar-refractivity contribution >= 4 is 32.7 Å². The molecule has 10 aromatic rings. The number of benzene rings is 8. The molecule has 0 spiro atoms. The van der Waals surface area contributed by atoms with Gasteiger partial charge in [0.15, 0.2) is 5.82 Å². The molecule has 0 aliphatic heterocycles. The molecule has 0 aliphatic carbocycles. The highest BCUT2D eigenvalue weighted by Crippen LogP contribution is 2.37. The van der Waals surface area contributed by atoms with Crippen LogP contribution in [0.15, 0.2) is 199 Å². The largest absolute Gasteiger partial charge is 0.456 e. The molecule has 0 amide bonds. The minimum absolute atomic E-state index is 0.689. The normalized spacial score (nSPS) is 11.4. The van der Waals surface area contributed by atoms with E-state index in [4.69, 9.17) is 14.4 Å². The van der Waals surface area contributed by atoms with E-state index in [1.165, 1.54) is 21.9 Å². The van der Waals surface area contributed by atoms with E-state index in [1.54, 1.807) is 0 Å². The van der Waals surface area contributed by atoms with Crippen LogP contribution in [0.4, 0.5) is 0 Å². The molecule has 0 unspecified atom stereocenters. The van der Waals surface area contributed by atoms with Crippen molar-refractivity contribution in [2.75, 3.05) is 0 Å². The van der Waals surface area contributed by atoms with Gasteiger partial charge in [0, 0.05) is 27.5 Å². The first-order valence-electron chi connectivity index (χ1n) is 17.9. The van der Waals surface area contributed by atoms with Gasteiger partial charge in [0.2, 0.25) is 0 Å². The Morgan fingerprint density at radius 1 is 0.283 bits per heavy atom. The number of fused-ring (bicyclic) bond motifs is 4. The quantitative estimate of drug-likeness (QED) is 0.176. The molecule has 3 nitrogen and oxygen atoms in total. The van der Waals surface area contributed by atoms with Crippen LogP contribution in [-0.4, -0.2) is 9.97 Å². The molecule has 0 fully saturated rings. The molecule has 3 heteroatoms. The average molecular weight is 677 g/mol. The lowest BCUT2D eigenvalue weighted by Gasteiger charge is -2.13. The van der Waals surface area contributed by atoms with Crippen molar-refractivity contribution in [3.63, 3.8) is 0 Å². The maximum absolute atomic E-state index is 6.17. The Bertz CT molecular complexity index is 2930. The number of hydrogen-bond donors (Lipinski definition) is 0. The van der Waals surface area contributed by atoms with Gasteiger partial charge in [-0.1, -0.05) is 146 Å². The number of hydrogen-bond acceptors (Lipinski definition) is 3. The molecule has 10 rings (SSSR count). The third kappa shape index (κ3) is 5.85. The molecular formula is C50H32N2O. The second-order valence-corrected chi connectivity index (χ2v) is 13.4. The first-order chi connectivity index (χ1) is 26.2. The lowest BCUT2D eigenvalue weighted by molar-refractivity contribution is 0.669. The Labute approximate surface area is 307 Å². The fraction of sp³-hybridized carbons (Fsp3) is 0. The molecule has 2 heterocycles. The Hall–Kier alpha value is -7.10. The maximum Gasteiger partial charge on any atom is 0.160 e. The predicted octanol–water partition coefficient (Wildman–Crippen LogP) is 13.5. The van der Waals surface area contributed by atoms with E-state index in [1.807, 2.05) is 30.3 Å². The Morgan fingerprint density at radius 2 is 0.811 bits per heavy atom. The molecular weight excluding hydrogens is 645 g/mol. The van der Waals surface area contributed by atoms with Crippen LogP contribution in [0.2, 0.25) is 0 Å². The van der Waals surface area contributed by atoms with Crippen LogP contribution in [0.3, 0.4) is 0 Å². The summed E-state index contributed by atoms with van der Waals surface area (Å²) in [7, 11) is 0. The first kappa shape index (κ1) is 30.7. The summed E-state index contributed by atoms with van der Waals surface area (Å²) >= 11 is 0. The van der Waals surface area contributed by atoms with Crippen molar-refractivity contribution in [3.05, 3.63) is 194 Å². The zero-order chi connectivity index (χ0) is 35.1. The Balaban J connectivity index is 1.12. The second kappa shape index (κ2) is 12.9. The van der Waals surface area contributed by atoms with Crippen LogP contribution in [0, 0.1) is 0 Å². The van der Waals surface area contributed by atoms with Crippen LogP contribution in [0.5, 0.6) is 0 Å². The van der Waals surface area contributed by atoms with Crippen LogP contribution < -0.4 is 0 Å². The van der Waals surface area contributed by atoms with Crippen LogP contribution in [0.1, 0.15) is 0 Å². The number of aromatic nitrogens is 2. The van der Waals surface area contributed by atoms with E-state index in [9.17, 15) is 0 Å². The molecule has 0 radical (unpaired) electrons. The van der Waals surface area contributed by atoms with Crippen molar-refractivity contribution in [2.24, 2.45) is 0 Å². The molecule has 0 saturated heterocycles. The highest BCUT2D eigenvalue weighted by Gasteiger charge is 2.15. The third-order valence-electron chi connectivity index (χ3n) is 10.1. The summed E-state index contributed by atoms with van der Waals surface area (Å²) < 4.78 is 6.17. The molecule has 8 aromatic carbocycles. The molecule has 53 heavy (non-hydrogen) atoms. The fourth-order valence-electron chi connectivity index (χ4n) is 7.31. The van der Waals surface area contributed by atoms with Crippen molar-refractivity contribution in [1.29, 1.82) is 0 Å². The lowest BCUT2D eigenvalue weighted by Crippen LogP contribution is -1.96. The second-order valence-electron chi connectivity index (χ2n) is 13.4. The van der Waals surface area contributed by atoms with Crippen molar-refractivity contribution < 1.29 is 4.42 Å². The molecule has 0 atom stereocenters. The lowest BCUT2D eigenvalue weighted by atomic mass is 9.93. The topological polar surface area (TPSA) is 38.9 Å².